The second-order valence-corrected chi connectivity index (χ2v) is 4.76. The fourth-order valence-corrected chi connectivity index (χ4v) is 2.26. The average molecular weight is 292 g/mol. The van der Waals surface area contributed by atoms with E-state index in [-0.39, 0.29) is 19.6 Å². The first kappa shape index (κ1) is 14.2. The Morgan fingerprint density at radius 1 is 1.32 bits per heavy atom. The minimum absolute atomic E-state index is 0.0249. The molecule has 2 rings (SSSR count). The van der Waals surface area contributed by atoms with Crippen molar-refractivity contribution in [3.63, 3.8) is 0 Å². The predicted molar refractivity (Wildman–Crippen MR) is 68.3 cm³/mol. The van der Waals surface area contributed by atoms with Crippen LogP contribution in [0.4, 0.5) is 18.9 Å². The molecule has 1 N–H and O–H groups in total. The van der Waals surface area contributed by atoms with Crippen LogP contribution >= 0.6 is 11.6 Å². The Hall–Kier alpha value is -1.20. The lowest BCUT2D eigenvalue weighted by Gasteiger charge is -2.29. The summed E-state index contributed by atoms with van der Waals surface area (Å²) in [6.45, 7) is 0.362. The van der Waals surface area contributed by atoms with E-state index < -0.39 is 11.7 Å². The molecule has 0 bridgehead atoms. The van der Waals surface area contributed by atoms with Crippen molar-refractivity contribution in [2.24, 2.45) is 0 Å². The molecule has 0 aromatic heterocycles. The van der Waals surface area contributed by atoms with Crippen molar-refractivity contribution in [2.75, 3.05) is 18.0 Å². The molecule has 0 amide bonds. The fraction of sp³-hybridized carbons (Fsp3) is 0.385. The molecule has 1 heterocycles. The number of anilines is 1. The summed E-state index contributed by atoms with van der Waals surface area (Å²) < 4.78 is 37.5. The molecular formula is C13H13ClF3NO. The highest BCUT2D eigenvalue weighted by atomic mass is 35.5. The van der Waals surface area contributed by atoms with E-state index in [0.29, 0.717) is 17.1 Å². The minimum Gasteiger partial charge on any atom is -0.392 e. The quantitative estimate of drug-likeness (QED) is 0.843. The van der Waals surface area contributed by atoms with E-state index in [1.54, 1.807) is 18.2 Å². The third kappa shape index (κ3) is 3.22. The molecule has 104 valence electrons. The van der Waals surface area contributed by atoms with Gasteiger partial charge in [0.05, 0.1) is 6.61 Å². The molecule has 1 aliphatic heterocycles. The normalized spacial score (nSPS) is 16.5. The van der Waals surface area contributed by atoms with Gasteiger partial charge in [-0.15, -0.1) is 0 Å². The number of rotatable bonds is 2. The summed E-state index contributed by atoms with van der Waals surface area (Å²) >= 11 is 5.97. The van der Waals surface area contributed by atoms with Gasteiger partial charge in [-0.25, -0.2) is 0 Å². The van der Waals surface area contributed by atoms with Crippen molar-refractivity contribution < 1.29 is 18.3 Å². The van der Waals surface area contributed by atoms with E-state index in [2.05, 4.69) is 0 Å². The largest absolute Gasteiger partial charge is 0.412 e. The highest BCUT2D eigenvalue weighted by Crippen LogP contribution is 2.32. The van der Waals surface area contributed by atoms with Crippen molar-refractivity contribution in [1.82, 2.24) is 0 Å². The summed E-state index contributed by atoms with van der Waals surface area (Å²) in [5.41, 5.74) is 0.899. The van der Waals surface area contributed by atoms with Crippen LogP contribution in [-0.4, -0.2) is 24.4 Å². The van der Waals surface area contributed by atoms with E-state index in [1.807, 2.05) is 4.90 Å². The van der Waals surface area contributed by atoms with Crippen molar-refractivity contribution >= 4 is 17.3 Å². The number of hydrogen-bond acceptors (Lipinski definition) is 2. The molecule has 1 aromatic rings. The number of aliphatic hydroxyl groups is 1. The monoisotopic (exact) mass is 291 g/mol. The second kappa shape index (κ2) is 5.43. The number of hydrogen-bond donors (Lipinski definition) is 1. The van der Waals surface area contributed by atoms with E-state index >= 15 is 0 Å². The van der Waals surface area contributed by atoms with Crippen LogP contribution in [0.2, 0.25) is 5.02 Å². The fourth-order valence-electron chi connectivity index (χ4n) is 2.02. The Bertz CT molecular complexity index is 499. The number of nitrogens with zero attached hydrogens (tertiary/aromatic N) is 1. The van der Waals surface area contributed by atoms with Gasteiger partial charge in [-0.3, -0.25) is 0 Å². The van der Waals surface area contributed by atoms with E-state index in [9.17, 15) is 13.2 Å². The SMILES string of the molecule is OCc1ccc(N2CC=C(C(F)(F)F)CC2)cc1Cl. The van der Waals surface area contributed by atoms with E-state index in [4.69, 9.17) is 16.7 Å². The van der Waals surface area contributed by atoms with Gasteiger partial charge in [0.1, 0.15) is 0 Å². The summed E-state index contributed by atoms with van der Waals surface area (Å²) in [4.78, 5) is 1.82. The number of halogens is 4. The maximum atomic E-state index is 12.5. The molecule has 19 heavy (non-hydrogen) atoms. The van der Waals surface area contributed by atoms with Gasteiger partial charge in [0, 0.05) is 29.4 Å². The predicted octanol–water partition coefficient (Wildman–Crippen LogP) is 3.53. The van der Waals surface area contributed by atoms with Crippen LogP contribution in [0.5, 0.6) is 0 Å². The third-order valence-corrected chi connectivity index (χ3v) is 3.50. The van der Waals surface area contributed by atoms with Crippen LogP contribution in [-0.2, 0) is 6.61 Å². The molecule has 0 fully saturated rings. The lowest BCUT2D eigenvalue weighted by Crippen LogP contribution is -2.31. The minimum atomic E-state index is -4.23. The maximum Gasteiger partial charge on any atom is 0.412 e. The Morgan fingerprint density at radius 3 is 2.53 bits per heavy atom. The van der Waals surface area contributed by atoms with Crippen molar-refractivity contribution in [2.45, 2.75) is 19.2 Å². The maximum absolute atomic E-state index is 12.5. The van der Waals surface area contributed by atoms with Crippen LogP contribution in [0.3, 0.4) is 0 Å². The number of alkyl halides is 3. The summed E-state index contributed by atoms with van der Waals surface area (Å²) in [7, 11) is 0. The van der Waals surface area contributed by atoms with Gasteiger partial charge in [0.2, 0.25) is 0 Å². The van der Waals surface area contributed by atoms with E-state index in [0.717, 1.165) is 5.69 Å². The molecule has 1 aliphatic rings. The zero-order valence-electron chi connectivity index (χ0n) is 10.0. The molecule has 0 aliphatic carbocycles. The first-order valence-corrected chi connectivity index (χ1v) is 6.20. The second-order valence-electron chi connectivity index (χ2n) is 4.36. The molecule has 0 spiro atoms. The highest BCUT2D eigenvalue weighted by molar-refractivity contribution is 6.31. The van der Waals surface area contributed by atoms with Gasteiger partial charge in [0.15, 0.2) is 0 Å². The first-order chi connectivity index (χ1) is 8.91. The lowest BCUT2D eigenvalue weighted by molar-refractivity contribution is -0.0943. The zero-order chi connectivity index (χ0) is 14.0. The summed E-state index contributed by atoms with van der Waals surface area (Å²) in [6.07, 6.45) is -3.05. The summed E-state index contributed by atoms with van der Waals surface area (Å²) in [5.74, 6) is 0. The Balaban J connectivity index is 2.14. The topological polar surface area (TPSA) is 23.5 Å². The van der Waals surface area contributed by atoms with Crippen molar-refractivity contribution in [3.8, 4) is 0 Å². The molecule has 1 aromatic carbocycles. The molecule has 6 heteroatoms. The third-order valence-electron chi connectivity index (χ3n) is 3.15. The Kier molecular flexibility index (Phi) is 4.06. The van der Waals surface area contributed by atoms with Crippen LogP contribution < -0.4 is 4.90 Å². The Labute approximate surface area is 114 Å². The van der Waals surface area contributed by atoms with Gasteiger partial charge in [0.25, 0.3) is 0 Å². The van der Waals surface area contributed by atoms with Crippen LogP contribution in [0, 0.1) is 0 Å². The van der Waals surface area contributed by atoms with Gasteiger partial charge >= 0.3 is 6.18 Å². The van der Waals surface area contributed by atoms with Crippen LogP contribution in [0.15, 0.2) is 29.8 Å². The zero-order valence-corrected chi connectivity index (χ0v) is 10.8. The van der Waals surface area contributed by atoms with Gasteiger partial charge in [-0.1, -0.05) is 23.7 Å². The van der Waals surface area contributed by atoms with E-state index in [1.165, 1.54) is 6.08 Å². The summed E-state index contributed by atoms with van der Waals surface area (Å²) in [6, 6.07) is 5.10. The molecule has 2 nitrogen and oxygen atoms in total. The highest BCUT2D eigenvalue weighted by Gasteiger charge is 2.34. The van der Waals surface area contributed by atoms with Crippen molar-refractivity contribution in [1.29, 1.82) is 0 Å². The van der Waals surface area contributed by atoms with Gasteiger partial charge < -0.3 is 10.0 Å². The average Bonchev–Trinajstić information content (AvgIpc) is 2.38. The summed E-state index contributed by atoms with van der Waals surface area (Å²) in [5, 5.41) is 9.43. The van der Waals surface area contributed by atoms with Gasteiger partial charge in [-0.2, -0.15) is 13.2 Å². The molecular weight excluding hydrogens is 279 g/mol. The molecule has 0 unspecified atom stereocenters. The smallest absolute Gasteiger partial charge is 0.392 e. The number of aliphatic hydroxyl groups excluding tert-OH is 1. The van der Waals surface area contributed by atoms with Crippen LogP contribution in [0.1, 0.15) is 12.0 Å². The van der Waals surface area contributed by atoms with Gasteiger partial charge in [-0.05, 0) is 24.1 Å². The molecule has 0 radical (unpaired) electrons. The first-order valence-electron chi connectivity index (χ1n) is 5.82. The van der Waals surface area contributed by atoms with Crippen molar-refractivity contribution in [3.05, 3.63) is 40.4 Å². The number of benzene rings is 1. The standard InChI is InChI=1S/C13H13ClF3NO/c14-12-7-11(2-1-9(12)8-19)18-5-3-10(4-6-18)13(15,16)17/h1-3,7,19H,4-6,8H2. The van der Waals surface area contributed by atoms with Crippen LogP contribution in [0.25, 0.3) is 0 Å². The molecule has 0 saturated heterocycles. The molecule has 0 saturated carbocycles. The Morgan fingerprint density at radius 2 is 2.05 bits per heavy atom. The molecule has 0 atom stereocenters. The lowest BCUT2D eigenvalue weighted by atomic mass is 10.1.